The van der Waals surface area contributed by atoms with Gasteiger partial charge in [0, 0.05) is 6.07 Å². The van der Waals surface area contributed by atoms with E-state index in [1.807, 2.05) is 6.07 Å². The maximum absolute atomic E-state index is 10.6. The van der Waals surface area contributed by atoms with Crippen molar-refractivity contribution in [2.75, 3.05) is 6.79 Å². The Morgan fingerprint density at radius 2 is 1.84 bits per heavy atom. The van der Waals surface area contributed by atoms with Gasteiger partial charge in [-0.3, -0.25) is 10.1 Å². The van der Waals surface area contributed by atoms with Gasteiger partial charge in [0.2, 0.25) is 6.79 Å². The SMILES string of the molecule is O=[N+]([O-])c1ccc(O)c(OCOc2ccccc2)c1. The Kier molecular flexibility index (Phi) is 3.82. The van der Waals surface area contributed by atoms with E-state index >= 15 is 0 Å². The van der Waals surface area contributed by atoms with E-state index in [0.29, 0.717) is 5.75 Å². The molecule has 0 aliphatic heterocycles. The number of ether oxygens (including phenoxy) is 2. The maximum Gasteiger partial charge on any atom is 0.273 e. The average Bonchev–Trinajstić information content (AvgIpc) is 2.42. The molecule has 0 aliphatic carbocycles. The second-order valence-corrected chi connectivity index (χ2v) is 3.63. The van der Waals surface area contributed by atoms with Crippen LogP contribution >= 0.6 is 0 Å². The van der Waals surface area contributed by atoms with E-state index in [4.69, 9.17) is 9.47 Å². The molecule has 2 aromatic carbocycles. The lowest BCUT2D eigenvalue weighted by Crippen LogP contribution is -2.05. The normalized spacial score (nSPS) is 9.89. The van der Waals surface area contributed by atoms with E-state index in [1.165, 1.54) is 12.1 Å². The molecular weight excluding hydrogens is 250 g/mol. The van der Waals surface area contributed by atoms with Crippen LogP contribution in [0.15, 0.2) is 48.5 Å². The number of non-ortho nitro benzene ring substituents is 1. The van der Waals surface area contributed by atoms with Crippen LogP contribution in [0.2, 0.25) is 0 Å². The molecule has 2 rings (SSSR count). The first-order valence-corrected chi connectivity index (χ1v) is 5.45. The highest BCUT2D eigenvalue weighted by atomic mass is 16.7. The highest BCUT2D eigenvalue weighted by molar-refractivity contribution is 5.47. The lowest BCUT2D eigenvalue weighted by atomic mass is 10.3. The van der Waals surface area contributed by atoms with Crippen molar-refractivity contribution < 1.29 is 19.5 Å². The molecule has 0 radical (unpaired) electrons. The number of nitro benzene ring substituents is 1. The molecule has 0 amide bonds. The van der Waals surface area contributed by atoms with Gasteiger partial charge in [-0.25, -0.2) is 0 Å². The van der Waals surface area contributed by atoms with Gasteiger partial charge in [0.25, 0.3) is 5.69 Å². The quantitative estimate of drug-likeness (QED) is 0.508. The van der Waals surface area contributed by atoms with Crippen molar-refractivity contribution in [1.29, 1.82) is 0 Å². The first-order valence-electron chi connectivity index (χ1n) is 5.45. The van der Waals surface area contributed by atoms with Crippen LogP contribution in [0, 0.1) is 10.1 Å². The zero-order chi connectivity index (χ0) is 13.7. The van der Waals surface area contributed by atoms with E-state index in [0.717, 1.165) is 6.07 Å². The van der Waals surface area contributed by atoms with E-state index in [2.05, 4.69) is 0 Å². The third-order valence-corrected chi connectivity index (χ3v) is 2.34. The summed E-state index contributed by atoms with van der Waals surface area (Å²) in [5.41, 5.74) is -0.160. The molecule has 2 aromatic rings. The minimum atomic E-state index is -0.565. The van der Waals surface area contributed by atoms with Crippen LogP contribution in [0.5, 0.6) is 17.2 Å². The molecule has 0 spiro atoms. The molecule has 0 bridgehead atoms. The number of nitrogens with zero attached hydrogens (tertiary/aromatic N) is 1. The van der Waals surface area contributed by atoms with Crippen molar-refractivity contribution >= 4 is 5.69 Å². The number of phenolic OH excluding ortho intramolecular Hbond substituents is 1. The average molecular weight is 261 g/mol. The Labute approximate surface area is 109 Å². The molecular formula is C13H11NO5. The number of hydrogen-bond donors (Lipinski definition) is 1. The summed E-state index contributed by atoms with van der Waals surface area (Å²) in [6, 6.07) is 12.5. The van der Waals surface area contributed by atoms with Crippen LogP contribution in [0.25, 0.3) is 0 Å². The van der Waals surface area contributed by atoms with Crippen molar-refractivity contribution in [3.05, 3.63) is 58.6 Å². The van der Waals surface area contributed by atoms with Gasteiger partial charge in [-0.1, -0.05) is 18.2 Å². The number of nitro groups is 1. The van der Waals surface area contributed by atoms with E-state index < -0.39 is 4.92 Å². The second-order valence-electron chi connectivity index (χ2n) is 3.63. The minimum absolute atomic E-state index is 0.00475. The van der Waals surface area contributed by atoms with Crippen LogP contribution in [0.4, 0.5) is 5.69 Å². The fraction of sp³-hybridized carbons (Fsp3) is 0.0769. The predicted molar refractivity (Wildman–Crippen MR) is 67.3 cm³/mol. The summed E-state index contributed by atoms with van der Waals surface area (Å²) in [4.78, 5) is 10.0. The highest BCUT2D eigenvalue weighted by Crippen LogP contribution is 2.30. The maximum atomic E-state index is 10.6. The fourth-order valence-electron chi connectivity index (χ4n) is 1.41. The van der Waals surface area contributed by atoms with Gasteiger partial charge in [-0.05, 0) is 18.2 Å². The molecule has 6 nitrogen and oxygen atoms in total. The summed E-state index contributed by atoms with van der Waals surface area (Å²) in [6.45, 7) is -0.154. The molecule has 0 heterocycles. The van der Waals surface area contributed by atoms with Crippen molar-refractivity contribution in [3.8, 4) is 17.2 Å². The standard InChI is InChI=1S/C13H11NO5/c15-12-7-6-10(14(16)17)8-13(12)19-9-18-11-4-2-1-3-5-11/h1-8,15H,9H2. The number of hydrogen-bond acceptors (Lipinski definition) is 5. The molecule has 0 saturated carbocycles. The minimum Gasteiger partial charge on any atom is -0.504 e. The van der Waals surface area contributed by atoms with Crippen LogP contribution in [0.1, 0.15) is 0 Å². The van der Waals surface area contributed by atoms with Crippen LogP contribution in [0.3, 0.4) is 0 Å². The molecule has 19 heavy (non-hydrogen) atoms. The molecule has 0 saturated heterocycles. The number of benzene rings is 2. The Morgan fingerprint density at radius 3 is 2.53 bits per heavy atom. The molecule has 6 heteroatoms. The summed E-state index contributed by atoms with van der Waals surface area (Å²) in [6.07, 6.45) is 0. The molecule has 0 unspecified atom stereocenters. The van der Waals surface area contributed by atoms with Crippen LogP contribution < -0.4 is 9.47 Å². The Hall–Kier alpha value is -2.76. The van der Waals surface area contributed by atoms with Gasteiger partial charge in [0.1, 0.15) is 5.75 Å². The Bertz CT molecular complexity index is 571. The van der Waals surface area contributed by atoms with Crippen molar-refractivity contribution in [2.45, 2.75) is 0 Å². The van der Waals surface area contributed by atoms with Gasteiger partial charge in [-0.2, -0.15) is 0 Å². The fourth-order valence-corrected chi connectivity index (χ4v) is 1.41. The zero-order valence-electron chi connectivity index (χ0n) is 9.85. The summed E-state index contributed by atoms with van der Waals surface area (Å²) in [7, 11) is 0. The first-order chi connectivity index (χ1) is 9.16. The summed E-state index contributed by atoms with van der Waals surface area (Å²) in [5.74, 6) is 0.430. The Balaban J connectivity index is 1.99. The van der Waals surface area contributed by atoms with E-state index in [9.17, 15) is 15.2 Å². The molecule has 0 aliphatic rings. The van der Waals surface area contributed by atoms with Crippen molar-refractivity contribution in [2.24, 2.45) is 0 Å². The molecule has 98 valence electrons. The largest absolute Gasteiger partial charge is 0.504 e. The van der Waals surface area contributed by atoms with Gasteiger partial charge in [-0.15, -0.1) is 0 Å². The number of rotatable bonds is 5. The monoisotopic (exact) mass is 261 g/mol. The predicted octanol–water partition coefficient (Wildman–Crippen LogP) is 2.72. The summed E-state index contributed by atoms with van der Waals surface area (Å²) < 4.78 is 10.4. The van der Waals surface area contributed by atoms with Gasteiger partial charge < -0.3 is 14.6 Å². The molecule has 0 atom stereocenters. The molecule has 0 aromatic heterocycles. The van der Waals surface area contributed by atoms with Crippen molar-refractivity contribution in [3.63, 3.8) is 0 Å². The first kappa shape index (κ1) is 12.7. The number of para-hydroxylation sites is 1. The van der Waals surface area contributed by atoms with Crippen LogP contribution in [-0.4, -0.2) is 16.8 Å². The number of phenols is 1. The Morgan fingerprint density at radius 1 is 1.11 bits per heavy atom. The van der Waals surface area contributed by atoms with Gasteiger partial charge >= 0.3 is 0 Å². The lowest BCUT2D eigenvalue weighted by Gasteiger charge is -2.09. The topological polar surface area (TPSA) is 81.8 Å². The molecule has 0 fully saturated rings. The zero-order valence-corrected chi connectivity index (χ0v) is 9.85. The third kappa shape index (κ3) is 3.35. The third-order valence-electron chi connectivity index (χ3n) is 2.34. The lowest BCUT2D eigenvalue weighted by molar-refractivity contribution is -0.385. The van der Waals surface area contributed by atoms with Crippen molar-refractivity contribution in [1.82, 2.24) is 0 Å². The van der Waals surface area contributed by atoms with Gasteiger partial charge in [0.15, 0.2) is 11.5 Å². The van der Waals surface area contributed by atoms with E-state index in [1.54, 1.807) is 24.3 Å². The highest BCUT2D eigenvalue weighted by Gasteiger charge is 2.11. The van der Waals surface area contributed by atoms with E-state index in [-0.39, 0.29) is 24.0 Å². The number of aromatic hydroxyl groups is 1. The summed E-state index contributed by atoms with van der Waals surface area (Å²) >= 11 is 0. The van der Waals surface area contributed by atoms with Crippen LogP contribution in [-0.2, 0) is 0 Å². The molecule has 1 N–H and O–H groups in total. The second kappa shape index (κ2) is 5.72. The van der Waals surface area contributed by atoms with Gasteiger partial charge in [0.05, 0.1) is 11.0 Å². The summed E-state index contributed by atoms with van der Waals surface area (Å²) in [5, 5.41) is 20.1. The smallest absolute Gasteiger partial charge is 0.273 e.